The van der Waals surface area contributed by atoms with Crippen molar-refractivity contribution in [1.82, 2.24) is 4.98 Å². The van der Waals surface area contributed by atoms with Crippen LogP contribution in [0, 0.1) is 17.8 Å². The van der Waals surface area contributed by atoms with Gasteiger partial charge in [0.1, 0.15) is 5.75 Å². The molecular formula is C14H18FNO2. The highest BCUT2D eigenvalue weighted by Crippen LogP contribution is 2.31. The summed E-state index contributed by atoms with van der Waals surface area (Å²) in [7, 11) is 0. The Morgan fingerprint density at radius 3 is 2.67 bits per heavy atom. The molecular weight excluding hydrogens is 233 g/mol. The van der Waals surface area contributed by atoms with Gasteiger partial charge in [-0.25, -0.2) is 4.98 Å². The maximum Gasteiger partial charge on any atom is 0.314 e. The van der Waals surface area contributed by atoms with Crippen molar-refractivity contribution >= 4 is 5.97 Å². The Morgan fingerprint density at radius 2 is 2.11 bits per heavy atom. The second-order valence-electron chi connectivity index (χ2n) is 4.86. The van der Waals surface area contributed by atoms with E-state index in [1.807, 2.05) is 0 Å². The van der Waals surface area contributed by atoms with Crippen LogP contribution in [-0.2, 0) is 4.79 Å². The summed E-state index contributed by atoms with van der Waals surface area (Å²) < 4.78 is 17.8. The molecule has 3 nitrogen and oxygen atoms in total. The van der Waals surface area contributed by atoms with Gasteiger partial charge < -0.3 is 4.74 Å². The minimum atomic E-state index is -0.571. The Kier molecular flexibility index (Phi) is 4.28. The smallest absolute Gasteiger partial charge is 0.314 e. The number of hydrogen-bond acceptors (Lipinski definition) is 3. The van der Waals surface area contributed by atoms with Crippen LogP contribution in [-0.4, -0.2) is 11.0 Å². The van der Waals surface area contributed by atoms with Crippen LogP contribution in [0.2, 0.25) is 0 Å². The maximum atomic E-state index is 12.6. The normalized spacial score (nSPS) is 23.7. The van der Waals surface area contributed by atoms with Gasteiger partial charge in [0, 0.05) is 0 Å². The van der Waals surface area contributed by atoms with Crippen LogP contribution in [0.1, 0.15) is 39.0 Å². The molecule has 0 amide bonds. The fourth-order valence-electron chi connectivity index (χ4n) is 2.43. The van der Waals surface area contributed by atoms with Crippen molar-refractivity contribution in [3.8, 4) is 5.75 Å². The molecule has 1 heterocycles. The molecule has 98 valence electrons. The standard InChI is InChI=1S/C14H18FNO2/c1-2-10-3-5-11(6-4-10)14(17)18-12-7-8-13(15)16-9-12/h7-11H,2-6H2,1H3. The highest BCUT2D eigenvalue weighted by atomic mass is 19.1. The molecule has 1 fully saturated rings. The van der Waals surface area contributed by atoms with Gasteiger partial charge in [0.25, 0.3) is 0 Å². The van der Waals surface area contributed by atoms with Gasteiger partial charge in [0.05, 0.1) is 12.1 Å². The van der Waals surface area contributed by atoms with E-state index in [9.17, 15) is 9.18 Å². The predicted molar refractivity (Wildman–Crippen MR) is 65.6 cm³/mol. The number of halogens is 1. The topological polar surface area (TPSA) is 39.2 Å². The zero-order valence-electron chi connectivity index (χ0n) is 10.6. The van der Waals surface area contributed by atoms with Gasteiger partial charge in [-0.2, -0.15) is 4.39 Å². The largest absolute Gasteiger partial charge is 0.425 e. The quantitative estimate of drug-likeness (QED) is 0.611. The Hall–Kier alpha value is -1.45. The van der Waals surface area contributed by atoms with Gasteiger partial charge >= 0.3 is 5.97 Å². The van der Waals surface area contributed by atoms with E-state index >= 15 is 0 Å². The van der Waals surface area contributed by atoms with Gasteiger partial charge in [0.2, 0.25) is 5.95 Å². The number of rotatable bonds is 3. The first kappa shape index (κ1) is 13.0. The first-order valence-corrected chi connectivity index (χ1v) is 6.52. The maximum absolute atomic E-state index is 12.6. The molecule has 1 aliphatic carbocycles. The first-order chi connectivity index (χ1) is 8.69. The zero-order chi connectivity index (χ0) is 13.0. The number of ether oxygens (including phenoxy) is 1. The molecule has 2 rings (SSSR count). The van der Waals surface area contributed by atoms with E-state index in [0.29, 0.717) is 5.75 Å². The van der Waals surface area contributed by atoms with Crippen molar-refractivity contribution in [2.45, 2.75) is 39.0 Å². The van der Waals surface area contributed by atoms with Crippen molar-refractivity contribution in [2.75, 3.05) is 0 Å². The van der Waals surface area contributed by atoms with E-state index in [-0.39, 0.29) is 11.9 Å². The SMILES string of the molecule is CCC1CCC(C(=O)Oc2ccc(F)nc2)CC1. The van der Waals surface area contributed by atoms with Crippen LogP contribution >= 0.6 is 0 Å². The monoisotopic (exact) mass is 251 g/mol. The summed E-state index contributed by atoms with van der Waals surface area (Å²) in [6.45, 7) is 2.19. The third-order valence-electron chi connectivity index (χ3n) is 3.68. The Balaban J connectivity index is 1.87. The molecule has 0 atom stereocenters. The van der Waals surface area contributed by atoms with E-state index in [2.05, 4.69) is 11.9 Å². The van der Waals surface area contributed by atoms with Crippen LogP contribution in [0.15, 0.2) is 18.3 Å². The van der Waals surface area contributed by atoms with Crippen LogP contribution in [0.5, 0.6) is 5.75 Å². The summed E-state index contributed by atoms with van der Waals surface area (Å²) in [5, 5.41) is 0. The molecule has 1 aromatic heterocycles. The van der Waals surface area contributed by atoms with Gasteiger partial charge in [-0.05, 0) is 43.7 Å². The molecule has 1 aliphatic rings. The summed E-state index contributed by atoms with van der Waals surface area (Å²) in [6, 6.07) is 2.62. The molecule has 0 N–H and O–H groups in total. The minimum Gasteiger partial charge on any atom is -0.425 e. The lowest BCUT2D eigenvalue weighted by atomic mass is 9.81. The minimum absolute atomic E-state index is 0.0159. The van der Waals surface area contributed by atoms with Gasteiger partial charge in [0.15, 0.2) is 0 Å². The highest BCUT2D eigenvalue weighted by Gasteiger charge is 2.26. The van der Waals surface area contributed by atoms with E-state index in [4.69, 9.17) is 4.74 Å². The second-order valence-corrected chi connectivity index (χ2v) is 4.86. The van der Waals surface area contributed by atoms with Crippen molar-refractivity contribution in [1.29, 1.82) is 0 Å². The van der Waals surface area contributed by atoms with Gasteiger partial charge in [-0.3, -0.25) is 4.79 Å². The molecule has 1 saturated carbocycles. The zero-order valence-corrected chi connectivity index (χ0v) is 10.6. The van der Waals surface area contributed by atoms with Crippen LogP contribution in [0.3, 0.4) is 0 Å². The summed E-state index contributed by atoms with van der Waals surface area (Å²) in [5.74, 6) is 0.273. The van der Waals surface area contributed by atoms with Crippen LogP contribution < -0.4 is 4.74 Å². The number of aromatic nitrogens is 1. The van der Waals surface area contributed by atoms with Gasteiger partial charge in [-0.1, -0.05) is 13.3 Å². The predicted octanol–water partition coefficient (Wildman–Crippen LogP) is 3.34. The number of carbonyl (C=O) groups excluding carboxylic acids is 1. The molecule has 1 aromatic rings. The van der Waals surface area contributed by atoms with Crippen molar-refractivity contribution in [3.05, 3.63) is 24.3 Å². The average Bonchev–Trinajstić information content (AvgIpc) is 2.41. The van der Waals surface area contributed by atoms with Gasteiger partial charge in [-0.15, -0.1) is 0 Å². The third kappa shape index (κ3) is 3.28. The number of pyridine rings is 1. The number of esters is 1. The third-order valence-corrected chi connectivity index (χ3v) is 3.68. The molecule has 0 aromatic carbocycles. The van der Waals surface area contributed by atoms with Crippen LogP contribution in [0.25, 0.3) is 0 Å². The van der Waals surface area contributed by atoms with Crippen LogP contribution in [0.4, 0.5) is 4.39 Å². The summed E-state index contributed by atoms with van der Waals surface area (Å²) in [6.07, 6.45) is 6.41. The number of carbonyl (C=O) groups is 1. The van der Waals surface area contributed by atoms with Crippen molar-refractivity contribution < 1.29 is 13.9 Å². The fraction of sp³-hybridized carbons (Fsp3) is 0.571. The van der Waals surface area contributed by atoms with Crippen molar-refractivity contribution in [3.63, 3.8) is 0 Å². The first-order valence-electron chi connectivity index (χ1n) is 6.52. The lowest BCUT2D eigenvalue weighted by Crippen LogP contribution is -2.25. The lowest BCUT2D eigenvalue weighted by molar-refractivity contribution is -0.140. The van der Waals surface area contributed by atoms with E-state index in [1.54, 1.807) is 0 Å². The Morgan fingerprint density at radius 1 is 1.39 bits per heavy atom. The molecule has 0 saturated heterocycles. The Bertz CT molecular complexity index is 397. The van der Waals surface area contributed by atoms with E-state index < -0.39 is 5.95 Å². The average molecular weight is 251 g/mol. The van der Waals surface area contributed by atoms with E-state index in [1.165, 1.54) is 24.8 Å². The number of hydrogen-bond donors (Lipinski definition) is 0. The fourth-order valence-corrected chi connectivity index (χ4v) is 2.43. The summed E-state index contributed by atoms with van der Waals surface area (Å²) in [4.78, 5) is 15.4. The molecule has 0 radical (unpaired) electrons. The molecule has 18 heavy (non-hydrogen) atoms. The second kappa shape index (κ2) is 5.94. The molecule has 0 spiro atoms. The molecule has 0 unspecified atom stereocenters. The lowest BCUT2D eigenvalue weighted by Gasteiger charge is -2.26. The van der Waals surface area contributed by atoms with E-state index in [0.717, 1.165) is 31.6 Å². The number of nitrogens with zero attached hydrogens (tertiary/aromatic N) is 1. The van der Waals surface area contributed by atoms with Crippen molar-refractivity contribution in [2.24, 2.45) is 11.8 Å². The Labute approximate surface area is 106 Å². The molecule has 4 heteroatoms. The summed E-state index contributed by atoms with van der Waals surface area (Å²) >= 11 is 0. The molecule has 0 aliphatic heterocycles. The summed E-state index contributed by atoms with van der Waals surface area (Å²) in [5.41, 5.74) is 0. The highest BCUT2D eigenvalue weighted by molar-refractivity contribution is 5.75. The molecule has 0 bridgehead atoms.